The van der Waals surface area contributed by atoms with Gasteiger partial charge in [-0.05, 0) is 18.2 Å². The average molecular weight is 403 g/mol. The van der Waals surface area contributed by atoms with Gasteiger partial charge in [0.2, 0.25) is 0 Å². The number of aliphatic hydroxyl groups excluding tert-OH is 1. The summed E-state index contributed by atoms with van der Waals surface area (Å²) in [4.78, 5) is 9.54. The Balaban J connectivity index is 1.93. The largest absolute Gasteiger partial charge is 0.507 e. The second-order valence-corrected chi connectivity index (χ2v) is 6.77. The molecule has 4 rings (SSSR count). The maximum absolute atomic E-state index is 10.5. The maximum Gasteiger partial charge on any atom is 0.125 e. The molecule has 1 heterocycles. The van der Waals surface area contributed by atoms with E-state index in [2.05, 4.69) is 15.9 Å². The first kappa shape index (κ1) is 16.5. The Morgan fingerprint density at radius 1 is 0.808 bits per heavy atom. The summed E-state index contributed by atoms with van der Waals surface area (Å²) in [6.07, 6.45) is 1.67. The highest BCUT2D eigenvalue weighted by Gasteiger charge is 2.11. The molecule has 0 radical (unpaired) electrons. The number of rotatable bonds is 3. The van der Waals surface area contributed by atoms with E-state index in [1.807, 2.05) is 78.9 Å². The smallest absolute Gasteiger partial charge is 0.125 e. The molecule has 0 aliphatic rings. The van der Waals surface area contributed by atoms with E-state index in [0.717, 1.165) is 32.3 Å². The first-order valence-corrected chi connectivity index (χ1v) is 8.99. The number of nitrogens with zero attached hydrogens (tertiary/aromatic N) is 2. The van der Waals surface area contributed by atoms with Crippen LogP contribution in [0.15, 0.2) is 83.3 Å². The van der Waals surface area contributed by atoms with Gasteiger partial charge in [-0.3, -0.25) is 0 Å². The molecule has 0 aliphatic carbocycles. The van der Waals surface area contributed by atoms with Gasteiger partial charge < -0.3 is 5.11 Å². The molecule has 3 aromatic carbocycles. The third-order valence-electron chi connectivity index (χ3n) is 4.04. The van der Waals surface area contributed by atoms with Gasteiger partial charge in [0.15, 0.2) is 0 Å². The lowest BCUT2D eigenvalue weighted by Gasteiger charge is -2.09. The van der Waals surface area contributed by atoms with Gasteiger partial charge in [0.05, 0.1) is 22.4 Å². The number of fused-ring (bicyclic) bond motifs is 1. The van der Waals surface area contributed by atoms with Crippen molar-refractivity contribution in [2.45, 2.75) is 0 Å². The van der Waals surface area contributed by atoms with Gasteiger partial charge in [-0.15, -0.1) is 0 Å². The van der Waals surface area contributed by atoms with Crippen LogP contribution < -0.4 is 0 Å². The summed E-state index contributed by atoms with van der Waals surface area (Å²) in [5.41, 5.74) is 4.64. The molecule has 4 aromatic rings. The van der Waals surface area contributed by atoms with Crippen LogP contribution >= 0.6 is 15.9 Å². The highest BCUT2D eigenvalue weighted by molar-refractivity contribution is 9.10. The molecule has 0 saturated carbocycles. The van der Waals surface area contributed by atoms with Crippen LogP contribution in [-0.2, 0) is 0 Å². The van der Waals surface area contributed by atoms with Gasteiger partial charge in [-0.2, -0.15) is 0 Å². The van der Waals surface area contributed by atoms with Crippen LogP contribution in [0.25, 0.3) is 34.1 Å². The summed E-state index contributed by atoms with van der Waals surface area (Å²) in [7, 11) is 0. The highest BCUT2D eigenvalue weighted by atomic mass is 79.9. The number of aliphatic hydroxyl groups is 1. The molecule has 0 spiro atoms. The van der Waals surface area contributed by atoms with E-state index in [9.17, 15) is 5.11 Å². The third kappa shape index (κ3) is 3.37. The normalized spacial score (nSPS) is 11.7. The van der Waals surface area contributed by atoms with Crippen LogP contribution in [0.5, 0.6) is 0 Å². The van der Waals surface area contributed by atoms with Crippen LogP contribution in [0.1, 0.15) is 11.3 Å². The Hall–Kier alpha value is -2.98. The minimum Gasteiger partial charge on any atom is -0.507 e. The zero-order chi connectivity index (χ0) is 17.9. The van der Waals surface area contributed by atoms with Crippen molar-refractivity contribution in [2.75, 3.05) is 0 Å². The fourth-order valence-electron chi connectivity index (χ4n) is 2.77. The topological polar surface area (TPSA) is 46.0 Å². The monoisotopic (exact) mass is 402 g/mol. The summed E-state index contributed by atoms with van der Waals surface area (Å²) >= 11 is 3.48. The van der Waals surface area contributed by atoms with Crippen molar-refractivity contribution >= 4 is 38.8 Å². The molecular weight excluding hydrogens is 388 g/mol. The van der Waals surface area contributed by atoms with Gasteiger partial charge in [0, 0.05) is 21.7 Å². The van der Waals surface area contributed by atoms with Gasteiger partial charge in [0.25, 0.3) is 0 Å². The first-order chi connectivity index (χ1) is 12.7. The number of hydrogen-bond acceptors (Lipinski definition) is 3. The number of halogens is 1. The summed E-state index contributed by atoms with van der Waals surface area (Å²) < 4.78 is 0.953. The molecule has 4 heteroatoms. The fraction of sp³-hybridized carbons (Fsp3) is 0. The molecule has 0 aliphatic heterocycles. The Morgan fingerprint density at radius 2 is 1.50 bits per heavy atom. The van der Waals surface area contributed by atoms with Crippen LogP contribution in [-0.4, -0.2) is 15.1 Å². The first-order valence-electron chi connectivity index (χ1n) is 8.19. The van der Waals surface area contributed by atoms with Crippen molar-refractivity contribution in [3.8, 4) is 11.3 Å². The predicted molar refractivity (Wildman–Crippen MR) is 110 cm³/mol. The van der Waals surface area contributed by atoms with E-state index >= 15 is 0 Å². The zero-order valence-corrected chi connectivity index (χ0v) is 15.4. The lowest BCUT2D eigenvalue weighted by atomic mass is 10.1. The van der Waals surface area contributed by atoms with Gasteiger partial charge in [-0.25, -0.2) is 9.97 Å². The molecule has 26 heavy (non-hydrogen) atoms. The molecule has 0 saturated heterocycles. The number of aromatic nitrogens is 2. The predicted octanol–water partition coefficient (Wildman–Crippen LogP) is 6.12. The van der Waals surface area contributed by atoms with Gasteiger partial charge in [0.1, 0.15) is 5.76 Å². The van der Waals surface area contributed by atoms with E-state index < -0.39 is 0 Å². The minimum absolute atomic E-state index is 0.161. The van der Waals surface area contributed by atoms with E-state index in [1.54, 1.807) is 6.08 Å². The van der Waals surface area contributed by atoms with Crippen molar-refractivity contribution < 1.29 is 5.11 Å². The van der Waals surface area contributed by atoms with E-state index in [0.29, 0.717) is 5.69 Å². The van der Waals surface area contributed by atoms with Crippen LogP contribution in [0.2, 0.25) is 0 Å². The average Bonchev–Trinajstić information content (AvgIpc) is 2.69. The Morgan fingerprint density at radius 3 is 2.23 bits per heavy atom. The summed E-state index contributed by atoms with van der Waals surface area (Å²) in [6.45, 7) is 0. The summed E-state index contributed by atoms with van der Waals surface area (Å²) in [5, 5.41) is 10.5. The third-order valence-corrected chi connectivity index (χ3v) is 4.54. The summed E-state index contributed by atoms with van der Waals surface area (Å²) in [5.74, 6) is 0.161. The summed E-state index contributed by atoms with van der Waals surface area (Å²) in [6, 6.07) is 25.1. The quantitative estimate of drug-likeness (QED) is 0.420. The molecule has 126 valence electrons. The Kier molecular flexibility index (Phi) is 4.50. The fourth-order valence-corrected chi connectivity index (χ4v) is 3.12. The second kappa shape index (κ2) is 7.10. The molecule has 0 fully saturated rings. The van der Waals surface area contributed by atoms with E-state index in [1.165, 1.54) is 0 Å². The highest BCUT2D eigenvalue weighted by Crippen LogP contribution is 2.27. The van der Waals surface area contributed by atoms with Crippen LogP contribution in [0.3, 0.4) is 0 Å². The molecule has 0 amide bonds. The Bertz CT molecular complexity index is 1090. The molecule has 0 atom stereocenters. The minimum atomic E-state index is 0.161. The van der Waals surface area contributed by atoms with Crippen molar-refractivity contribution in [3.05, 3.63) is 94.6 Å². The SMILES string of the molecule is O/C(=C\c1nc2ccc(Br)cc2nc1-c1ccccc1)c1ccccc1. The van der Waals surface area contributed by atoms with Gasteiger partial charge in [-0.1, -0.05) is 76.6 Å². The van der Waals surface area contributed by atoms with Gasteiger partial charge >= 0.3 is 0 Å². The van der Waals surface area contributed by atoms with Crippen molar-refractivity contribution in [1.29, 1.82) is 0 Å². The molecule has 1 N–H and O–H groups in total. The standard InChI is InChI=1S/C22H15BrN2O/c23-17-11-12-18-19(13-17)25-22(16-9-5-2-6-10-16)20(24-18)14-21(26)15-7-3-1-4-8-15/h1-14,26H/b21-14-. The van der Waals surface area contributed by atoms with Crippen LogP contribution in [0, 0.1) is 0 Å². The second-order valence-electron chi connectivity index (χ2n) is 5.85. The zero-order valence-electron chi connectivity index (χ0n) is 13.8. The molecule has 3 nitrogen and oxygen atoms in total. The van der Waals surface area contributed by atoms with E-state index in [4.69, 9.17) is 9.97 Å². The van der Waals surface area contributed by atoms with Crippen molar-refractivity contribution in [2.24, 2.45) is 0 Å². The number of hydrogen-bond donors (Lipinski definition) is 1. The molecule has 1 aromatic heterocycles. The molecular formula is C22H15BrN2O. The number of benzene rings is 3. The lowest BCUT2D eigenvalue weighted by molar-refractivity contribution is 0.515. The van der Waals surface area contributed by atoms with Crippen molar-refractivity contribution in [3.63, 3.8) is 0 Å². The lowest BCUT2D eigenvalue weighted by Crippen LogP contribution is -1.96. The molecule has 0 bridgehead atoms. The Labute approximate surface area is 159 Å². The van der Waals surface area contributed by atoms with E-state index in [-0.39, 0.29) is 5.76 Å². The molecule has 0 unspecified atom stereocenters. The van der Waals surface area contributed by atoms with Crippen LogP contribution in [0.4, 0.5) is 0 Å². The maximum atomic E-state index is 10.5. The van der Waals surface area contributed by atoms with Crippen molar-refractivity contribution in [1.82, 2.24) is 9.97 Å².